The summed E-state index contributed by atoms with van der Waals surface area (Å²) in [7, 11) is 2.08. The molecule has 21 heavy (non-hydrogen) atoms. The molecule has 2 aromatic rings. The van der Waals surface area contributed by atoms with Gasteiger partial charge in [0.25, 0.3) is 0 Å². The van der Waals surface area contributed by atoms with Crippen molar-refractivity contribution in [1.29, 1.82) is 0 Å². The summed E-state index contributed by atoms with van der Waals surface area (Å²) in [4.78, 5) is 2.19. The minimum atomic E-state index is 0.161. The molecule has 0 saturated carbocycles. The van der Waals surface area contributed by atoms with Gasteiger partial charge < -0.3 is 10.6 Å². The largest absolute Gasteiger partial charge is 0.344 e. The molecule has 0 bridgehead atoms. The first kappa shape index (κ1) is 15.9. The van der Waals surface area contributed by atoms with Gasteiger partial charge in [-0.05, 0) is 55.7 Å². The Morgan fingerprint density at radius 1 is 1.14 bits per heavy atom. The molecule has 3 heteroatoms. The number of hydrogen-bond acceptors (Lipinski definition) is 2. The number of rotatable bonds is 5. The van der Waals surface area contributed by atoms with Crippen LogP contribution in [0.15, 0.2) is 42.5 Å². The quantitative estimate of drug-likeness (QED) is 0.867. The van der Waals surface area contributed by atoms with Crippen LogP contribution in [-0.4, -0.2) is 13.1 Å². The Hall–Kier alpha value is -1.51. The number of anilines is 2. The molecular formula is C18H23ClN2. The molecule has 0 aliphatic carbocycles. The van der Waals surface area contributed by atoms with Crippen molar-refractivity contribution in [3.63, 3.8) is 0 Å². The number of nitrogens with zero attached hydrogens (tertiary/aromatic N) is 1. The highest BCUT2D eigenvalue weighted by Gasteiger charge is 2.12. The topological polar surface area (TPSA) is 29.3 Å². The summed E-state index contributed by atoms with van der Waals surface area (Å²) in [6.45, 7) is 4.20. The zero-order valence-electron chi connectivity index (χ0n) is 12.9. The van der Waals surface area contributed by atoms with Crippen LogP contribution in [0.1, 0.15) is 24.5 Å². The van der Waals surface area contributed by atoms with Crippen molar-refractivity contribution in [2.45, 2.75) is 32.7 Å². The summed E-state index contributed by atoms with van der Waals surface area (Å²) in [5, 5.41) is 0.759. The van der Waals surface area contributed by atoms with Crippen molar-refractivity contribution in [3.8, 4) is 0 Å². The summed E-state index contributed by atoms with van der Waals surface area (Å²) in [5.74, 6) is 0. The molecule has 2 N–H and O–H groups in total. The van der Waals surface area contributed by atoms with E-state index in [9.17, 15) is 0 Å². The lowest BCUT2D eigenvalue weighted by Gasteiger charge is -2.24. The summed E-state index contributed by atoms with van der Waals surface area (Å²) in [6.07, 6.45) is 1.79. The molecule has 0 fully saturated rings. The molecule has 112 valence electrons. The highest BCUT2D eigenvalue weighted by Crippen LogP contribution is 2.30. The van der Waals surface area contributed by atoms with E-state index in [-0.39, 0.29) is 6.04 Å². The molecule has 2 rings (SSSR count). The molecule has 2 nitrogen and oxygen atoms in total. The summed E-state index contributed by atoms with van der Waals surface area (Å²) in [5.41, 5.74) is 10.9. The molecular weight excluding hydrogens is 280 g/mol. The molecule has 1 unspecified atom stereocenters. The van der Waals surface area contributed by atoms with Gasteiger partial charge >= 0.3 is 0 Å². The summed E-state index contributed by atoms with van der Waals surface area (Å²) in [6, 6.07) is 14.7. The maximum Gasteiger partial charge on any atom is 0.0442 e. The fraction of sp³-hybridized carbons (Fsp3) is 0.333. The predicted octanol–water partition coefficient (Wildman–Crippen LogP) is 4.70. The Kier molecular flexibility index (Phi) is 5.27. The standard InChI is InChI=1S/C18H23ClN2/c1-4-16(20)12-14-11-15(19)7-10-18(14)21(3)17-8-5-13(2)6-9-17/h5-11,16H,4,12,20H2,1-3H3. The number of nitrogens with two attached hydrogens (primary N) is 1. The molecule has 0 radical (unpaired) electrons. The molecule has 0 amide bonds. The molecule has 2 aromatic carbocycles. The van der Waals surface area contributed by atoms with E-state index in [1.807, 2.05) is 12.1 Å². The van der Waals surface area contributed by atoms with E-state index in [2.05, 4.69) is 56.1 Å². The Labute approximate surface area is 132 Å². The van der Waals surface area contributed by atoms with Crippen LogP contribution in [0.4, 0.5) is 11.4 Å². The summed E-state index contributed by atoms with van der Waals surface area (Å²) >= 11 is 6.16. The normalized spacial score (nSPS) is 12.2. The van der Waals surface area contributed by atoms with Gasteiger partial charge in [-0.3, -0.25) is 0 Å². The Morgan fingerprint density at radius 2 is 1.81 bits per heavy atom. The number of aryl methyl sites for hydroxylation is 1. The Balaban J connectivity index is 2.35. The zero-order valence-corrected chi connectivity index (χ0v) is 13.7. The van der Waals surface area contributed by atoms with Gasteiger partial charge in [-0.25, -0.2) is 0 Å². The molecule has 0 heterocycles. The lowest BCUT2D eigenvalue weighted by Crippen LogP contribution is -2.23. The first-order valence-electron chi connectivity index (χ1n) is 7.35. The van der Waals surface area contributed by atoms with E-state index < -0.39 is 0 Å². The van der Waals surface area contributed by atoms with Crippen LogP contribution >= 0.6 is 11.6 Å². The van der Waals surface area contributed by atoms with Crippen LogP contribution in [0.5, 0.6) is 0 Å². The second-order valence-electron chi connectivity index (χ2n) is 5.54. The first-order valence-corrected chi connectivity index (χ1v) is 7.73. The highest BCUT2D eigenvalue weighted by molar-refractivity contribution is 6.30. The average Bonchev–Trinajstić information content (AvgIpc) is 2.47. The highest BCUT2D eigenvalue weighted by atomic mass is 35.5. The van der Waals surface area contributed by atoms with E-state index in [4.69, 9.17) is 17.3 Å². The van der Waals surface area contributed by atoms with E-state index in [0.717, 1.165) is 29.2 Å². The fourth-order valence-electron chi connectivity index (χ4n) is 2.38. The van der Waals surface area contributed by atoms with Crippen LogP contribution in [-0.2, 0) is 6.42 Å². The minimum Gasteiger partial charge on any atom is -0.344 e. The SMILES string of the molecule is CCC(N)Cc1cc(Cl)ccc1N(C)c1ccc(C)cc1. The molecule has 0 saturated heterocycles. The van der Waals surface area contributed by atoms with Crippen molar-refractivity contribution < 1.29 is 0 Å². The second kappa shape index (κ2) is 6.97. The Bertz CT molecular complexity index is 593. The van der Waals surface area contributed by atoms with Crippen LogP contribution in [0.25, 0.3) is 0 Å². The van der Waals surface area contributed by atoms with Crippen molar-refractivity contribution in [2.75, 3.05) is 11.9 Å². The van der Waals surface area contributed by atoms with E-state index in [0.29, 0.717) is 0 Å². The van der Waals surface area contributed by atoms with Crippen LogP contribution in [0.2, 0.25) is 5.02 Å². The predicted molar refractivity (Wildman–Crippen MR) is 92.7 cm³/mol. The van der Waals surface area contributed by atoms with Gasteiger partial charge in [0, 0.05) is 29.5 Å². The third-order valence-corrected chi connectivity index (χ3v) is 4.07. The number of halogens is 1. The first-order chi connectivity index (χ1) is 10.0. The fourth-order valence-corrected chi connectivity index (χ4v) is 2.57. The van der Waals surface area contributed by atoms with Gasteiger partial charge in [-0.2, -0.15) is 0 Å². The van der Waals surface area contributed by atoms with Crippen molar-refractivity contribution in [3.05, 3.63) is 58.6 Å². The maximum absolute atomic E-state index is 6.16. The van der Waals surface area contributed by atoms with Crippen LogP contribution in [0.3, 0.4) is 0 Å². The molecule has 0 aliphatic rings. The van der Waals surface area contributed by atoms with Gasteiger partial charge in [0.15, 0.2) is 0 Å². The van der Waals surface area contributed by atoms with Crippen LogP contribution < -0.4 is 10.6 Å². The van der Waals surface area contributed by atoms with Crippen molar-refractivity contribution >= 4 is 23.0 Å². The van der Waals surface area contributed by atoms with E-state index >= 15 is 0 Å². The molecule has 0 spiro atoms. The van der Waals surface area contributed by atoms with Crippen molar-refractivity contribution in [2.24, 2.45) is 5.73 Å². The zero-order chi connectivity index (χ0) is 15.4. The van der Waals surface area contributed by atoms with Crippen LogP contribution in [0, 0.1) is 6.92 Å². The lowest BCUT2D eigenvalue weighted by molar-refractivity contribution is 0.646. The second-order valence-corrected chi connectivity index (χ2v) is 5.98. The molecule has 1 atom stereocenters. The third kappa shape index (κ3) is 3.99. The number of hydrogen-bond donors (Lipinski definition) is 1. The summed E-state index contributed by atoms with van der Waals surface area (Å²) < 4.78 is 0. The van der Waals surface area contributed by atoms with Gasteiger partial charge in [-0.15, -0.1) is 0 Å². The average molecular weight is 303 g/mol. The number of benzene rings is 2. The van der Waals surface area contributed by atoms with Gasteiger partial charge in [0.1, 0.15) is 0 Å². The van der Waals surface area contributed by atoms with Crippen molar-refractivity contribution in [1.82, 2.24) is 0 Å². The monoisotopic (exact) mass is 302 g/mol. The van der Waals surface area contributed by atoms with Gasteiger partial charge in [0.2, 0.25) is 0 Å². The van der Waals surface area contributed by atoms with Gasteiger partial charge in [-0.1, -0.05) is 36.2 Å². The smallest absolute Gasteiger partial charge is 0.0442 e. The van der Waals surface area contributed by atoms with Gasteiger partial charge in [0.05, 0.1) is 0 Å². The van der Waals surface area contributed by atoms with E-state index in [1.165, 1.54) is 11.1 Å². The van der Waals surface area contributed by atoms with E-state index in [1.54, 1.807) is 0 Å². The Morgan fingerprint density at radius 3 is 2.43 bits per heavy atom. The lowest BCUT2D eigenvalue weighted by atomic mass is 10.0. The third-order valence-electron chi connectivity index (χ3n) is 3.83. The molecule has 0 aliphatic heterocycles. The maximum atomic E-state index is 6.16. The molecule has 0 aromatic heterocycles. The minimum absolute atomic E-state index is 0.161.